The van der Waals surface area contributed by atoms with Gasteiger partial charge in [0.25, 0.3) is 0 Å². The fourth-order valence-electron chi connectivity index (χ4n) is 4.00. The number of halogens is 1. The number of hydrogen-bond donors (Lipinski definition) is 1. The highest BCUT2D eigenvalue weighted by atomic mass is 35.5. The third-order valence-corrected chi connectivity index (χ3v) is 6.00. The van der Waals surface area contributed by atoms with Crippen LogP contribution in [-0.2, 0) is 30.6 Å². The van der Waals surface area contributed by atoms with Crippen LogP contribution >= 0.6 is 11.6 Å². The number of para-hydroxylation sites is 2. The van der Waals surface area contributed by atoms with Gasteiger partial charge in [-0.2, -0.15) is 0 Å². The highest BCUT2D eigenvalue weighted by Gasteiger charge is 2.11. The van der Waals surface area contributed by atoms with Crippen molar-refractivity contribution in [3.8, 4) is 0 Å². The summed E-state index contributed by atoms with van der Waals surface area (Å²) in [5.74, 6) is 1.08. The molecule has 4 rings (SSSR count). The van der Waals surface area contributed by atoms with Crippen molar-refractivity contribution in [2.45, 2.75) is 38.6 Å². The Kier molecular flexibility index (Phi) is 7.57. The molecular weight excluding hydrogens is 418 g/mol. The number of hydrogen-bond acceptors (Lipinski definition) is 2. The van der Waals surface area contributed by atoms with E-state index in [9.17, 15) is 4.79 Å². The highest BCUT2D eigenvalue weighted by Crippen LogP contribution is 2.19. The van der Waals surface area contributed by atoms with Gasteiger partial charge in [0.15, 0.2) is 0 Å². The predicted octanol–water partition coefficient (Wildman–Crippen LogP) is 5.61. The van der Waals surface area contributed by atoms with E-state index < -0.39 is 0 Å². The lowest BCUT2D eigenvalue weighted by molar-refractivity contribution is -0.120. The zero-order valence-electron chi connectivity index (χ0n) is 18.1. The fourth-order valence-corrected chi connectivity index (χ4v) is 4.21. The fraction of sp³-hybridized carbons (Fsp3) is 0.259. The van der Waals surface area contributed by atoms with Crippen LogP contribution in [-0.4, -0.2) is 22.0 Å². The monoisotopic (exact) mass is 445 g/mol. The maximum atomic E-state index is 12.3. The number of imidazole rings is 1. The first-order valence-corrected chi connectivity index (χ1v) is 11.6. The van der Waals surface area contributed by atoms with Gasteiger partial charge >= 0.3 is 0 Å². The summed E-state index contributed by atoms with van der Waals surface area (Å²) in [6.07, 6.45) is 4.08. The molecule has 164 valence electrons. The first-order chi connectivity index (χ1) is 15.7. The van der Waals surface area contributed by atoms with E-state index >= 15 is 0 Å². The number of rotatable bonds is 10. The average molecular weight is 446 g/mol. The lowest BCUT2D eigenvalue weighted by atomic mass is 10.1. The van der Waals surface area contributed by atoms with Gasteiger partial charge in [0.05, 0.1) is 17.5 Å². The van der Waals surface area contributed by atoms with E-state index in [1.54, 1.807) is 0 Å². The smallest absolute Gasteiger partial charge is 0.224 e. The maximum Gasteiger partial charge on any atom is 0.224 e. The molecule has 0 aliphatic carbocycles. The molecule has 5 heteroatoms. The van der Waals surface area contributed by atoms with Crippen LogP contribution in [0.25, 0.3) is 11.0 Å². The maximum absolute atomic E-state index is 12.3. The molecule has 0 radical (unpaired) electrons. The molecule has 0 unspecified atom stereocenters. The second kappa shape index (κ2) is 11.0. The first kappa shape index (κ1) is 22.1. The number of fused-ring (bicyclic) bond motifs is 1. The summed E-state index contributed by atoms with van der Waals surface area (Å²) in [6.45, 7) is 1.56. The molecule has 4 nitrogen and oxygen atoms in total. The van der Waals surface area contributed by atoms with Crippen molar-refractivity contribution in [3.05, 3.63) is 101 Å². The summed E-state index contributed by atoms with van der Waals surface area (Å²) in [5, 5.41) is 3.64. The molecule has 0 saturated carbocycles. The van der Waals surface area contributed by atoms with Gasteiger partial charge in [-0.15, -0.1) is 0 Å². The Bertz CT molecular complexity index is 1170. The van der Waals surface area contributed by atoms with Gasteiger partial charge in [-0.3, -0.25) is 4.79 Å². The average Bonchev–Trinajstić information content (AvgIpc) is 3.16. The summed E-state index contributed by atoms with van der Waals surface area (Å²) < 4.78 is 2.34. The Hall–Kier alpha value is -3.11. The number of aromatic nitrogens is 2. The summed E-state index contributed by atoms with van der Waals surface area (Å²) in [6, 6.07) is 26.4. The van der Waals surface area contributed by atoms with Crippen molar-refractivity contribution >= 4 is 28.5 Å². The van der Waals surface area contributed by atoms with Crippen molar-refractivity contribution in [2.24, 2.45) is 0 Å². The third kappa shape index (κ3) is 5.77. The van der Waals surface area contributed by atoms with E-state index in [-0.39, 0.29) is 5.91 Å². The van der Waals surface area contributed by atoms with E-state index in [1.807, 2.05) is 30.3 Å². The molecule has 4 aromatic rings. The van der Waals surface area contributed by atoms with Crippen LogP contribution in [0.4, 0.5) is 0 Å². The van der Waals surface area contributed by atoms with Crippen molar-refractivity contribution < 1.29 is 4.79 Å². The number of benzene rings is 3. The van der Waals surface area contributed by atoms with Crippen molar-refractivity contribution in [1.29, 1.82) is 0 Å². The number of carbonyl (C=O) groups excluding carboxylic acids is 1. The predicted molar refractivity (Wildman–Crippen MR) is 131 cm³/mol. The van der Waals surface area contributed by atoms with E-state index in [2.05, 4.69) is 58.4 Å². The number of amides is 1. The second-order valence-corrected chi connectivity index (χ2v) is 8.39. The zero-order valence-corrected chi connectivity index (χ0v) is 18.9. The zero-order chi connectivity index (χ0) is 22.2. The molecule has 32 heavy (non-hydrogen) atoms. The number of nitrogens with zero attached hydrogens (tertiary/aromatic N) is 2. The molecule has 0 spiro atoms. The summed E-state index contributed by atoms with van der Waals surface area (Å²) in [4.78, 5) is 17.1. The molecule has 1 amide bonds. The molecule has 0 atom stereocenters. The van der Waals surface area contributed by atoms with E-state index in [1.165, 1.54) is 11.1 Å². The van der Waals surface area contributed by atoms with Crippen LogP contribution in [0, 0.1) is 0 Å². The van der Waals surface area contributed by atoms with Crippen molar-refractivity contribution in [1.82, 2.24) is 14.9 Å². The molecular formula is C27H28ClN3O. The SMILES string of the molecule is O=C(Cc1ccccc1Cl)NCCCc1nc2ccccc2n1CCCc1ccccc1. The quantitative estimate of drug-likeness (QED) is 0.322. The third-order valence-electron chi connectivity index (χ3n) is 5.63. The Balaban J connectivity index is 1.32. The van der Waals surface area contributed by atoms with Crippen molar-refractivity contribution in [2.75, 3.05) is 6.54 Å². The molecule has 0 bridgehead atoms. The molecule has 1 aromatic heterocycles. The minimum Gasteiger partial charge on any atom is -0.356 e. The van der Waals surface area contributed by atoms with Crippen LogP contribution in [0.2, 0.25) is 5.02 Å². The highest BCUT2D eigenvalue weighted by molar-refractivity contribution is 6.31. The van der Waals surface area contributed by atoms with Crippen LogP contribution in [0.3, 0.4) is 0 Å². The number of carbonyl (C=O) groups is 1. The second-order valence-electron chi connectivity index (χ2n) is 7.98. The standard InChI is InChI=1S/C27H28ClN3O/c28-23-14-5-4-13-22(23)20-27(32)29-18-8-17-26-30-24-15-6-7-16-25(24)31(26)19-9-12-21-10-2-1-3-11-21/h1-7,10-11,13-16H,8-9,12,17-20H2,(H,29,32). The molecule has 1 N–H and O–H groups in total. The van der Waals surface area contributed by atoms with Crippen molar-refractivity contribution in [3.63, 3.8) is 0 Å². The van der Waals surface area contributed by atoms with Crippen LogP contribution in [0.5, 0.6) is 0 Å². The number of nitrogens with one attached hydrogen (secondary N) is 1. The van der Waals surface area contributed by atoms with Gasteiger partial charge < -0.3 is 9.88 Å². The molecule has 1 heterocycles. The summed E-state index contributed by atoms with van der Waals surface area (Å²) >= 11 is 6.16. The first-order valence-electron chi connectivity index (χ1n) is 11.2. The van der Waals surface area contributed by atoms with E-state index in [0.29, 0.717) is 18.0 Å². The lowest BCUT2D eigenvalue weighted by Crippen LogP contribution is -2.26. The summed E-state index contributed by atoms with van der Waals surface area (Å²) in [5.41, 5.74) is 4.43. The molecule has 0 aliphatic rings. The molecule has 0 aliphatic heterocycles. The minimum absolute atomic E-state index is 0.00513. The normalized spacial score (nSPS) is 11.0. The van der Waals surface area contributed by atoms with Gasteiger partial charge in [0, 0.05) is 24.5 Å². The summed E-state index contributed by atoms with van der Waals surface area (Å²) in [7, 11) is 0. The molecule has 0 fully saturated rings. The van der Waals surface area contributed by atoms with Gasteiger partial charge in [0.2, 0.25) is 5.91 Å². The lowest BCUT2D eigenvalue weighted by Gasteiger charge is -2.10. The van der Waals surface area contributed by atoms with Crippen LogP contribution in [0.1, 0.15) is 29.8 Å². The van der Waals surface area contributed by atoms with E-state index in [4.69, 9.17) is 16.6 Å². The van der Waals surface area contributed by atoms with Gasteiger partial charge in [-0.25, -0.2) is 4.98 Å². The van der Waals surface area contributed by atoms with Gasteiger partial charge in [-0.1, -0.05) is 72.3 Å². The Labute approximate surface area is 194 Å². The molecule has 0 saturated heterocycles. The Morgan fingerprint density at radius 3 is 2.47 bits per heavy atom. The number of aryl methyl sites for hydroxylation is 3. The Morgan fingerprint density at radius 1 is 0.875 bits per heavy atom. The topological polar surface area (TPSA) is 46.9 Å². The molecule has 3 aromatic carbocycles. The van der Waals surface area contributed by atoms with Crippen LogP contribution in [0.15, 0.2) is 78.9 Å². The minimum atomic E-state index is -0.00513. The van der Waals surface area contributed by atoms with Crippen LogP contribution < -0.4 is 5.32 Å². The van der Waals surface area contributed by atoms with E-state index in [0.717, 1.165) is 49.1 Å². The van der Waals surface area contributed by atoms with Gasteiger partial charge in [-0.05, 0) is 48.6 Å². The Morgan fingerprint density at radius 2 is 1.62 bits per heavy atom. The van der Waals surface area contributed by atoms with Gasteiger partial charge in [0.1, 0.15) is 5.82 Å². The largest absolute Gasteiger partial charge is 0.356 e.